The summed E-state index contributed by atoms with van der Waals surface area (Å²) in [6.07, 6.45) is 8.65. The van der Waals surface area contributed by atoms with Crippen molar-refractivity contribution in [1.29, 1.82) is 0 Å². The van der Waals surface area contributed by atoms with Gasteiger partial charge >= 0.3 is 12.0 Å². The van der Waals surface area contributed by atoms with Crippen LogP contribution in [-0.4, -0.2) is 35.6 Å². The Balaban J connectivity index is 1.71. The third kappa shape index (κ3) is 8.61. The SMILES string of the molecule is O=C(O)CCC(CC1CCCCC1)NC(=O)CNC(=O)NCc1ccco1. The van der Waals surface area contributed by atoms with E-state index in [9.17, 15) is 14.4 Å². The number of amides is 3. The Bertz CT molecular complexity index is 596. The lowest BCUT2D eigenvalue weighted by atomic mass is 9.84. The maximum atomic E-state index is 12.2. The van der Waals surface area contributed by atoms with Gasteiger partial charge in [-0.2, -0.15) is 0 Å². The molecule has 1 aliphatic carbocycles. The van der Waals surface area contributed by atoms with Gasteiger partial charge in [0.2, 0.25) is 5.91 Å². The molecule has 150 valence electrons. The van der Waals surface area contributed by atoms with Gasteiger partial charge < -0.3 is 25.5 Å². The van der Waals surface area contributed by atoms with Crippen LogP contribution in [0, 0.1) is 5.92 Å². The molecule has 4 N–H and O–H groups in total. The fourth-order valence-electron chi connectivity index (χ4n) is 3.45. The van der Waals surface area contributed by atoms with Gasteiger partial charge in [-0.05, 0) is 30.9 Å². The first-order chi connectivity index (χ1) is 13.0. The van der Waals surface area contributed by atoms with Crippen molar-refractivity contribution in [2.75, 3.05) is 6.54 Å². The van der Waals surface area contributed by atoms with Gasteiger partial charge in [-0.25, -0.2) is 4.79 Å². The average Bonchev–Trinajstić information content (AvgIpc) is 3.17. The molecular weight excluding hydrogens is 350 g/mol. The molecular formula is C19H29N3O5. The third-order valence-electron chi connectivity index (χ3n) is 4.83. The first-order valence-electron chi connectivity index (χ1n) is 9.58. The van der Waals surface area contributed by atoms with Gasteiger partial charge in [0.05, 0.1) is 19.4 Å². The topological polar surface area (TPSA) is 121 Å². The number of aliphatic carboxylic acids is 1. The van der Waals surface area contributed by atoms with E-state index in [1.54, 1.807) is 12.1 Å². The Morgan fingerprint density at radius 3 is 2.63 bits per heavy atom. The molecule has 8 nitrogen and oxygen atoms in total. The van der Waals surface area contributed by atoms with Gasteiger partial charge in [-0.1, -0.05) is 32.1 Å². The minimum absolute atomic E-state index is 0.0225. The molecule has 0 saturated heterocycles. The summed E-state index contributed by atoms with van der Waals surface area (Å²) >= 11 is 0. The summed E-state index contributed by atoms with van der Waals surface area (Å²) in [5, 5.41) is 16.9. The normalized spacial score (nSPS) is 15.7. The van der Waals surface area contributed by atoms with Crippen molar-refractivity contribution < 1.29 is 23.9 Å². The Morgan fingerprint density at radius 1 is 1.19 bits per heavy atom. The molecule has 1 fully saturated rings. The van der Waals surface area contributed by atoms with Gasteiger partial charge in [0.15, 0.2) is 0 Å². The van der Waals surface area contributed by atoms with Gasteiger partial charge in [0.1, 0.15) is 5.76 Å². The van der Waals surface area contributed by atoms with Crippen molar-refractivity contribution in [3.05, 3.63) is 24.2 Å². The predicted molar refractivity (Wildman–Crippen MR) is 98.9 cm³/mol. The Hall–Kier alpha value is -2.51. The zero-order chi connectivity index (χ0) is 19.5. The smallest absolute Gasteiger partial charge is 0.315 e. The molecule has 1 atom stereocenters. The lowest BCUT2D eigenvalue weighted by molar-refractivity contribution is -0.137. The summed E-state index contributed by atoms with van der Waals surface area (Å²) in [6.45, 7) is 0.0849. The fourth-order valence-corrected chi connectivity index (χ4v) is 3.45. The van der Waals surface area contributed by atoms with E-state index in [1.165, 1.54) is 25.5 Å². The first kappa shape index (κ1) is 20.8. The van der Waals surface area contributed by atoms with Crippen LogP contribution in [0.25, 0.3) is 0 Å². The summed E-state index contributed by atoms with van der Waals surface area (Å²) in [6, 6.07) is 2.83. The largest absolute Gasteiger partial charge is 0.481 e. The summed E-state index contributed by atoms with van der Waals surface area (Å²) in [5.74, 6) is -0.0270. The number of furan rings is 1. The van der Waals surface area contributed by atoms with E-state index in [4.69, 9.17) is 9.52 Å². The predicted octanol–water partition coefficient (Wildman–Crippen LogP) is 2.40. The summed E-state index contributed by atoms with van der Waals surface area (Å²) in [5.41, 5.74) is 0. The standard InChI is InChI=1S/C19H29N3O5/c23-17(13-21-19(26)20-12-16-7-4-10-27-16)22-15(8-9-18(24)25)11-14-5-2-1-3-6-14/h4,7,10,14-15H,1-3,5-6,8-9,11-13H2,(H,22,23)(H,24,25)(H2,20,21,26). The second-order valence-corrected chi connectivity index (χ2v) is 7.05. The minimum atomic E-state index is -0.867. The molecule has 2 rings (SSSR count). The number of carbonyl (C=O) groups is 3. The van der Waals surface area contributed by atoms with Crippen LogP contribution in [0.3, 0.4) is 0 Å². The van der Waals surface area contributed by atoms with Crippen LogP contribution in [0.15, 0.2) is 22.8 Å². The molecule has 1 aliphatic rings. The van der Waals surface area contributed by atoms with Crippen molar-refractivity contribution >= 4 is 17.9 Å². The van der Waals surface area contributed by atoms with Crippen LogP contribution in [0.2, 0.25) is 0 Å². The van der Waals surface area contributed by atoms with Crippen molar-refractivity contribution in [2.45, 2.75) is 64.0 Å². The summed E-state index contributed by atoms with van der Waals surface area (Å²) in [4.78, 5) is 34.8. The quantitative estimate of drug-likeness (QED) is 0.497. The van der Waals surface area contributed by atoms with Gasteiger partial charge in [-0.3, -0.25) is 9.59 Å². The Labute approximate surface area is 159 Å². The number of hydrogen-bond acceptors (Lipinski definition) is 4. The molecule has 8 heteroatoms. The number of nitrogens with one attached hydrogen (secondary N) is 3. The highest BCUT2D eigenvalue weighted by molar-refractivity contribution is 5.84. The van der Waals surface area contributed by atoms with Crippen molar-refractivity contribution in [3.63, 3.8) is 0 Å². The number of hydrogen-bond donors (Lipinski definition) is 4. The lowest BCUT2D eigenvalue weighted by Gasteiger charge is -2.27. The highest BCUT2D eigenvalue weighted by atomic mass is 16.4. The van der Waals surface area contributed by atoms with Crippen molar-refractivity contribution in [3.8, 4) is 0 Å². The van der Waals surface area contributed by atoms with Crippen LogP contribution in [-0.2, 0) is 16.1 Å². The van der Waals surface area contributed by atoms with Crippen molar-refractivity contribution in [2.24, 2.45) is 5.92 Å². The Kier molecular flexibility index (Phi) is 8.67. The number of urea groups is 1. The molecule has 0 spiro atoms. The zero-order valence-corrected chi connectivity index (χ0v) is 15.5. The monoisotopic (exact) mass is 379 g/mol. The average molecular weight is 379 g/mol. The molecule has 3 amide bonds. The van der Waals surface area contributed by atoms with E-state index in [1.807, 2.05) is 0 Å². The molecule has 0 bridgehead atoms. The molecule has 0 aromatic carbocycles. The number of carbonyl (C=O) groups excluding carboxylic acids is 2. The molecule has 0 radical (unpaired) electrons. The fraction of sp³-hybridized carbons (Fsp3) is 0.632. The highest BCUT2D eigenvalue weighted by Crippen LogP contribution is 2.28. The van der Waals surface area contributed by atoms with Crippen LogP contribution < -0.4 is 16.0 Å². The molecule has 1 aromatic rings. The van der Waals surface area contributed by atoms with E-state index in [-0.39, 0.29) is 31.5 Å². The maximum Gasteiger partial charge on any atom is 0.315 e. The minimum Gasteiger partial charge on any atom is -0.481 e. The number of carboxylic acids is 1. The first-order valence-corrected chi connectivity index (χ1v) is 9.58. The molecule has 1 heterocycles. The second kappa shape index (κ2) is 11.3. The van der Waals surface area contributed by atoms with Crippen LogP contribution in [0.5, 0.6) is 0 Å². The van der Waals surface area contributed by atoms with Crippen LogP contribution in [0.4, 0.5) is 4.79 Å². The van der Waals surface area contributed by atoms with Crippen LogP contribution >= 0.6 is 0 Å². The van der Waals surface area contributed by atoms with E-state index in [0.717, 1.165) is 19.3 Å². The van der Waals surface area contributed by atoms with Gasteiger partial charge in [0.25, 0.3) is 0 Å². The summed E-state index contributed by atoms with van der Waals surface area (Å²) in [7, 11) is 0. The van der Waals surface area contributed by atoms with Crippen molar-refractivity contribution in [1.82, 2.24) is 16.0 Å². The zero-order valence-electron chi connectivity index (χ0n) is 15.5. The second-order valence-electron chi connectivity index (χ2n) is 7.05. The molecule has 27 heavy (non-hydrogen) atoms. The van der Waals surface area contributed by atoms with E-state index in [0.29, 0.717) is 18.1 Å². The van der Waals surface area contributed by atoms with E-state index in [2.05, 4.69) is 16.0 Å². The number of rotatable bonds is 10. The van der Waals surface area contributed by atoms with Gasteiger partial charge in [-0.15, -0.1) is 0 Å². The lowest BCUT2D eigenvalue weighted by Crippen LogP contribution is -2.45. The van der Waals surface area contributed by atoms with E-state index < -0.39 is 12.0 Å². The molecule has 1 aromatic heterocycles. The summed E-state index contributed by atoms with van der Waals surface area (Å²) < 4.78 is 5.11. The maximum absolute atomic E-state index is 12.2. The highest BCUT2D eigenvalue weighted by Gasteiger charge is 2.21. The molecule has 1 saturated carbocycles. The van der Waals surface area contributed by atoms with E-state index >= 15 is 0 Å². The Morgan fingerprint density at radius 2 is 1.96 bits per heavy atom. The van der Waals surface area contributed by atoms with Crippen LogP contribution in [0.1, 0.15) is 57.1 Å². The number of carboxylic acid groups (broad SMARTS) is 1. The third-order valence-corrected chi connectivity index (χ3v) is 4.83. The molecule has 1 unspecified atom stereocenters. The molecule has 0 aliphatic heterocycles. The van der Waals surface area contributed by atoms with Gasteiger partial charge in [0, 0.05) is 12.5 Å².